The number of rotatable bonds is 8. The molecule has 0 bridgehead atoms. The molecule has 57 heavy (non-hydrogen) atoms. The quantitative estimate of drug-likeness (QED) is 0.155. The zero-order valence-corrected chi connectivity index (χ0v) is 32.6. The second-order valence-corrected chi connectivity index (χ2v) is 15.8. The fraction of sp³-hybridized carbons (Fsp3) is 0.113. The van der Waals surface area contributed by atoms with E-state index in [0.717, 1.165) is 60.1 Å². The highest BCUT2D eigenvalue weighted by Gasteiger charge is 2.23. The number of thiophene rings is 1. The zero-order valence-electron chi connectivity index (χ0n) is 31.7. The Morgan fingerprint density at radius 1 is 0.404 bits per heavy atom. The fourth-order valence-electron chi connectivity index (χ4n) is 8.30. The Hall–Kier alpha value is -6.49. The summed E-state index contributed by atoms with van der Waals surface area (Å²) in [6, 6.07) is 45.7. The molecule has 2 aromatic heterocycles. The third-order valence-electron chi connectivity index (χ3n) is 11.1. The van der Waals surface area contributed by atoms with Crippen molar-refractivity contribution < 1.29 is 0 Å². The molecule has 0 fully saturated rings. The number of benzene rings is 5. The molecule has 3 aliphatic carbocycles. The zero-order chi connectivity index (χ0) is 38.0. The first kappa shape index (κ1) is 35.0. The van der Waals surface area contributed by atoms with Crippen molar-refractivity contribution in [1.29, 1.82) is 0 Å². The summed E-state index contributed by atoms with van der Waals surface area (Å²) in [6.07, 6.45) is 24.9. The van der Waals surface area contributed by atoms with Gasteiger partial charge in [-0.2, -0.15) is 0 Å². The van der Waals surface area contributed by atoms with Crippen LogP contribution in [0.1, 0.15) is 61.0 Å². The van der Waals surface area contributed by atoms with E-state index in [1.54, 1.807) is 11.3 Å². The van der Waals surface area contributed by atoms with Gasteiger partial charge in [0.1, 0.15) is 0 Å². The average Bonchev–Trinajstić information content (AvgIpc) is 3.75. The van der Waals surface area contributed by atoms with Crippen LogP contribution in [0.2, 0.25) is 0 Å². The third kappa shape index (κ3) is 6.98. The summed E-state index contributed by atoms with van der Waals surface area (Å²) in [6.45, 7) is 0. The van der Waals surface area contributed by atoms with Gasteiger partial charge in [0, 0.05) is 15.8 Å². The molecule has 0 N–H and O–H groups in total. The fourth-order valence-corrected chi connectivity index (χ4v) is 9.30. The maximum Gasteiger partial charge on any atom is 0.174 e. The Kier molecular flexibility index (Phi) is 9.55. The summed E-state index contributed by atoms with van der Waals surface area (Å²) in [5.41, 5.74) is 14.4. The molecule has 0 spiro atoms. The van der Waals surface area contributed by atoms with Gasteiger partial charge >= 0.3 is 0 Å². The molecule has 0 atom stereocenters. The monoisotopic (exact) mass is 751 g/mol. The molecule has 3 nitrogen and oxygen atoms in total. The summed E-state index contributed by atoms with van der Waals surface area (Å²) in [4.78, 5) is 16.6. The van der Waals surface area contributed by atoms with Crippen LogP contribution < -0.4 is 0 Å². The molecule has 4 heteroatoms. The Bertz CT molecular complexity index is 2780. The molecule has 0 aliphatic heterocycles. The van der Waals surface area contributed by atoms with Crippen LogP contribution in [0.25, 0.3) is 76.7 Å². The number of nitrogens with zero attached hydrogens (tertiary/aromatic N) is 3. The summed E-state index contributed by atoms with van der Waals surface area (Å²) < 4.78 is 1.22. The standard InChI is InChI=1S/C53H41N3S/c1-5-17-36(18-6-1)43-26-14-15-27-46(43)52-54-51(55-53(56-52)48-35-42-25-13-16-28-47(42)57-48)41-31-29-38(30-32-41)45-34-33-44(37-19-7-2-8-20-37)49(39-21-9-3-10-22-39)50(45)40-23-11-4-12-24-40/h1,4-7,9,11-13,16-35H,2-3,8,10,14-15H2. The second kappa shape index (κ2) is 15.6. The van der Waals surface area contributed by atoms with E-state index in [-0.39, 0.29) is 0 Å². The largest absolute Gasteiger partial charge is 0.208 e. The molecule has 7 aromatic rings. The van der Waals surface area contributed by atoms with Crippen molar-refractivity contribution >= 4 is 43.7 Å². The van der Waals surface area contributed by atoms with Gasteiger partial charge in [0.05, 0.1) is 4.88 Å². The molecule has 0 radical (unpaired) electrons. The minimum Gasteiger partial charge on any atom is -0.208 e. The van der Waals surface area contributed by atoms with Gasteiger partial charge in [0.2, 0.25) is 0 Å². The van der Waals surface area contributed by atoms with Crippen LogP contribution in [0.15, 0.2) is 176 Å². The molecule has 10 rings (SSSR count). The van der Waals surface area contributed by atoms with Crippen LogP contribution in [-0.4, -0.2) is 15.0 Å². The van der Waals surface area contributed by atoms with E-state index in [4.69, 9.17) is 15.0 Å². The Balaban J connectivity index is 1.11. The number of fused-ring (bicyclic) bond motifs is 1. The first-order chi connectivity index (χ1) is 28.3. The smallest absolute Gasteiger partial charge is 0.174 e. The van der Waals surface area contributed by atoms with E-state index in [0.29, 0.717) is 17.5 Å². The number of hydrogen-bond acceptors (Lipinski definition) is 4. The number of allylic oxidation sites excluding steroid dienone is 12. The highest BCUT2D eigenvalue weighted by molar-refractivity contribution is 7.22. The molecule has 3 aliphatic rings. The first-order valence-corrected chi connectivity index (χ1v) is 20.9. The highest BCUT2D eigenvalue weighted by atomic mass is 32.1. The van der Waals surface area contributed by atoms with Crippen molar-refractivity contribution in [3.05, 3.63) is 199 Å². The maximum atomic E-state index is 5.23. The van der Waals surface area contributed by atoms with Crippen molar-refractivity contribution in [2.75, 3.05) is 0 Å². The predicted molar refractivity (Wildman–Crippen MR) is 241 cm³/mol. The van der Waals surface area contributed by atoms with Gasteiger partial charge < -0.3 is 0 Å². The lowest BCUT2D eigenvalue weighted by molar-refractivity contribution is 1.01. The van der Waals surface area contributed by atoms with E-state index < -0.39 is 0 Å². The van der Waals surface area contributed by atoms with Crippen LogP contribution in [0, 0.1) is 0 Å². The SMILES string of the molecule is C1=CC(c2ccc(-c3ccc(-c4nc(C5=CCCC=C5c5ccccc5)nc(-c5cc6ccccc6s5)n4)cc3)c(-c3ccccc3)c2C2=CCCC=C2)=CCC1. The van der Waals surface area contributed by atoms with E-state index in [1.807, 2.05) is 0 Å². The molecule has 0 saturated carbocycles. The number of hydrogen-bond donors (Lipinski definition) is 0. The lowest BCUT2D eigenvalue weighted by atomic mass is 9.80. The van der Waals surface area contributed by atoms with Gasteiger partial charge in [-0.05, 0) is 112 Å². The molecule has 5 aromatic carbocycles. The van der Waals surface area contributed by atoms with Gasteiger partial charge in [-0.15, -0.1) is 11.3 Å². The molecule has 0 unspecified atom stereocenters. The Labute approximate surface area is 338 Å². The average molecular weight is 752 g/mol. The van der Waals surface area contributed by atoms with Crippen molar-refractivity contribution in [3.8, 4) is 44.3 Å². The maximum absolute atomic E-state index is 5.23. The van der Waals surface area contributed by atoms with Gasteiger partial charge in [0.25, 0.3) is 0 Å². The molecule has 0 saturated heterocycles. The molecule has 0 amide bonds. The van der Waals surface area contributed by atoms with E-state index in [9.17, 15) is 0 Å². The van der Waals surface area contributed by atoms with Crippen LogP contribution in [-0.2, 0) is 0 Å². The van der Waals surface area contributed by atoms with E-state index >= 15 is 0 Å². The van der Waals surface area contributed by atoms with Crippen molar-refractivity contribution in [1.82, 2.24) is 15.0 Å². The third-order valence-corrected chi connectivity index (χ3v) is 12.2. The van der Waals surface area contributed by atoms with Gasteiger partial charge in [-0.1, -0.05) is 164 Å². The van der Waals surface area contributed by atoms with E-state index in [1.165, 1.54) is 60.2 Å². The highest BCUT2D eigenvalue weighted by Crippen LogP contribution is 2.44. The Morgan fingerprint density at radius 3 is 1.72 bits per heavy atom. The van der Waals surface area contributed by atoms with Crippen LogP contribution >= 0.6 is 11.3 Å². The van der Waals surface area contributed by atoms with Crippen molar-refractivity contribution in [2.24, 2.45) is 0 Å². The Morgan fingerprint density at radius 2 is 1.00 bits per heavy atom. The van der Waals surface area contributed by atoms with Crippen molar-refractivity contribution in [3.63, 3.8) is 0 Å². The minimum atomic E-state index is 0.672. The summed E-state index contributed by atoms with van der Waals surface area (Å²) >= 11 is 1.73. The predicted octanol–water partition coefficient (Wildman–Crippen LogP) is 14.5. The summed E-state index contributed by atoms with van der Waals surface area (Å²) in [5, 5.41) is 1.20. The van der Waals surface area contributed by atoms with Crippen LogP contribution in [0.5, 0.6) is 0 Å². The molecular weight excluding hydrogens is 711 g/mol. The van der Waals surface area contributed by atoms with Crippen molar-refractivity contribution in [2.45, 2.75) is 38.5 Å². The normalized spacial score (nSPS) is 15.2. The lowest BCUT2D eigenvalue weighted by Gasteiger charge is -2.23. The van der Waals surface area contributed by atoms with Crippen LogP contribution in [0.3, 0.4) is 0 Å². The molecular formula is C53H41N3S. The van der Waals surface area contributed by atoms with Gasteiger partial charge in [0.15, 0.2) is 17.5 Å². The topological polar surface area (TPSA) is 38.7 Å². The number of aromatic nitrogens is 3. The van der Waals surface area contributed by atoms with Gasteiger partial charge in [-0.3, -0.25) is 0 Å². The van der Waals surface area contributed by atoms with Gasteiger partial charge in [-0.25, -0.2) is 15.0 Å². The van der Waals surface area contributed by atoms with Crippen LogP contribution in [0.4, 0.5) is 0 Å². The summed E-state index contributed by atoms with van der Waals surface area (Å²) in [5.74, 6) is 2.08. The lowest BCUT2D eigenvalue weighted by Crippen LogP contribution is -2.05. The second-order valence-electron chi connectivity index (χ2n) is 14.8. The minimum absolute atomic E-state index is 0.672. The van der Waals surface area contributed by atoms with E-state index in [2.05, 4.69) is 176 Å². The molecule has 274 valence electrons. The first-order valence-electron chi connectivity index (χ1n) is 20.1. The summed E-state index contributed by atoms with van der Waals surface area (Å²) in [7, 11) is 0. The molecule has 2 heterocycles.